The van der Waals surface area contributed by atoms with E-state index in [9.17, 15) is 0 Å². The molecule has 0 unspecified atom stereocenters. The van der Waals surface area contributed by atoms with Crippen LogP contribution >= 0.6 is 11.6 Å². The Bertz CT molecular complexity index is 743. The quantitative estimate of drug-likeness (QED) is 0.449. The highest BCUT2D eigenvalue weighted by atomic mass is 35.5. The van der Waals surface area contributed by atoms with Gasteiger partial charge in [-0.1, -0.05) is 11.6 Å². The number of aromatic nitrogens is 1. The highest BCUT2D eigenvalue weighted by Crippen LogP contribution is 2.23. The molecule has 2 aromatic rings. The topological polar surface area (TPSA) is 61.5 Å². The largest absolute Gasteiger partial charge is 0.494 e. The maximum Gasteiger partial charge on any atom is 0.150 e. The van der Waals surface area contributed by atoms with E-state index in [0.717, 1.165) is 16.9 Å². The number of aryl methyl sites for hydroxylation is 1. The molecule has 24 heavy (non-hydrogen) atoms. The number of halogens is 1. The summed E-state index contributed by atoms with van der Waals surface area (Å²) in [4.78, 5) is 4.26. The van der Waals surface area contributed by atoms with Crippen molar-refractivity contribution in [1.82, 2.24) is 4.98 Å². The minimum Gasteiger partial charge on any atom is -0.494 e. The van der Waals surface area contributed by atoms with Crippen LogP contribution in [-0.2, 0) is 0 Å². The van der Waals surface area contributed by atoms with Crippen molar-refractivity contribution < 1.29 is 4.74 Å². The second kappa shape index (κ2) is 8.32. The highest BCUT2D eigenvalue weighted by molar-refractivity contribution is 6.30. The van der Waals surface area contributed by atoms with Crippen LogP contribution in [0.4, 0.5) is 5.82 Å². The van der Waals surface area contributed by atoms with Crippen molar-refractivity contribution in [2.75, 3.05) is 18.2 Å². The molecule has 0 saturated heterocycles. The fourth-order valence-corrected chi connectivity index (χ4v) is 2.42. The molecule has 0 N–H and O–H groups in total. The number of hydrogen-bond acceptors (Lipinski definition) is 5. The summed E-state index contributed by atoms with van der Waals surface area (Å²) < 4.78 is 5.42. The fraction of sp³-hybridized carbons (Fsp3) is 0.278. The number of anilines is 1. The first kappa shape index (κ1) is 17.8. The number of hydrazone groups is 1. The maximum atomic E-state index is 9.07. The van der Waals surface area contributed by atoms with E-state index in [1.807, 2.05) is 51.1 Å². The van der Waals surface area contributed by atoms with Crippen LogP contribution in [0.5, 0.6) is 5.75 Å². The van der Waals surface area contributed by atoms with E-state index in [0.29, 0.717) is 24.5 Å². The van der Waals surface area contributed by atoms with Crippen LogP contribution in [0.2, 0.25) is 5.15 Å². The highest BCUT2D eigenvalue weighted by Gasteiger charge is 2.11. The Hall–Kier alpha value is -2.58. The molecule has 5 nitrogen and oxygen atoms in total. The molecule has 0 bridgehead atoms. The third-order valence-corrected chi connectivity index (χ3v) is 3.65. The van der Waals surface area contributed by atoms with Crippen molar-refractivity contribution in [3.05, 3.63) is 52.2 Å². The van der Waals surface area contributed by atoms with Crippen molar-refractivity contribution in [2.45, 2.75) is 20.8 Å². The lowest BCUT2D eigenvalue weighted by Crippen LogP contribution is -2.17. The van der Waals surface area contributed by atoms with E-state index in [2.05, 4.69) is 16.2 Å². The zero-order valence-corrected chi connectivity index (χ0v) is 14.7. The van der Waals surface area contributed by atoms with Crippen LogP contribution in [0.15, 0.2) is 35.4 Å². The molecule has 0 amide bonds. The summed E-state index contributed by atoms with van der Waals surface area (Å²) in [6.07, 6.45) is 1.75. The van der Waals surface area contributed by atoms with E-state index in [-0.39, 0.29) is 5.15 Å². The maximum absolute atomic E-state index is 9.07. The van der Waals surface area contributed by atoms with E-state index in [1.165, 1.54) is 0 Å². The van der Waals surface area contributed by atoms with E-state index >= 15 is 0 Å². The average Bonchev–Trinajstić information content (AvgIpc) is 2.57. The summed E-state index contributed by atoms with van der Waals surface area (Å²) in [6.45, 7) is 7.02. The molecule has 1 aromatic carbocycles. The standard InChI is InChI=1S/C18H19ClN4O/c1-4-23(17-10-13(3)16(11-20)18(19)22-17)21-12-14-6-8-15(9-7-14)24-5-2/h6-10,12H,4-5H2,1-3H3. The minimum atomic E-state index is 0.196. The molecule has 0 aliphatic heterocycles. The van der Waals surface area contributed by atoms with Gasteiger partial charge < -0.3 is 4.74 Å². The van der Waals surface area contributed by atoms with Crippen molar-refractivity contribution >= 4 is 23.6 Å². The predicted molar refractivity (Wildman–Crippen MR) is 96.9 cm³/mol. The van der Waals surface area contributed by atoms with Gasteiger partial charge in [0.25, 0.3) is 0 Å². The lowest BCUT2D eigenvalue weighted by Gasteiger charge is -2.17. The minimum absolute atomic E-state index is 0.196. The molecule has 0 aliphatic carbocycles. The summed E-state index contributed by atoms with van der Waals surface area (Å²) >= 11 is 6.07. The Kier molecular flexibility index (Phi) is 6.16. The SMILES string of the molecule is CCOc1ccc(C=NN(CC)c2cc(C)c(C#N)c(Cl)n2)cc1. The number of pyridine rings is 1. The van der Waals surface area contributed by atoms with Crippen LogP contribution < -0.4 is 9.75 Å². The number of nitriles is 1. The molecule has 0 atom stereocenters. The molecule has 6 heteroatoms. The first-order valence-corrected chi connectivity index (χ1v) is 8.08. The van der Waals surface area contributed by atoms with E-state index < -0.39 is 0 Å². The average molecular weight is 343 g/mol. The zero-order valence-electron chi connectivity index (χ0n) is 14.0. The Morgan fingerprint density at radius 2 is 2.04 bits per heavy atom. The van der Waals surface area contributed by atoms with Crippen LogP contribution in [-0.4, -0.2) is 24.4 Å². The lowest BCUT2D eigenvalue weighted by molar-refractivity contribution is 0.340. The second-order valence-corrected chi connectivity index (χ2v) is 5.40. The van der Waals surface area contributed by atoms with Gasteiger partial charge in [-0.15, -0.1) is 0 Å². The van der Waals surface area contributed by atoms with Crippen LogP contribution in [0.3, 0.4) is 0 Å². The Morgan fingerprint density at radius 3 is 2.58 bits per heavy atom. The molecule has 0 fully saturated rings. The van der Waals surface area contributed by atoms with Gasteiger partial charge in [0.2, 0.25) is 0 Å². The van der Waals surface area contributed by atoms with Crippen molar-refractivity contribution in [3.8, 4) is 11.8 Å². The molecule has 1 aromatic heterocycles. The first-order chi connectivity index (χ1) is 11.6. The normalized spacial score (nSPS) is 10.6. The summed E-state index contributed by atoms with van der Waals surface area (Å²) in [5.41, 5.74) is 2.13. The summed E-state index contributed by atoms with van der Waals surface area (Å²) in [5, 5.41) is 15.5. The molecular weight excluding hydrogens is 324 g/mol. The van der Waals surface area contributed by atoms with Gasteiger partial charge in [0, 0.05) is 6.54 Å². The number of benzene rings is 1. The Labute approximate surface area is 147 Å². The van der Waals surface area contributed by atoms with E-state index in [1.54, 1.807) is 11.2 Å². The number of hydrogen-bond donors (Lipinski definition) is 0. The Balaban J connectivity index is 2.21. The Morgan fingerprint density at radius 1 is 1.33 bits per heavy atom. The summed E-state index contributed by atoms with van der Waals surface area (Å²) in [5.74, 6) is 1.44. The smallest absolute Gasteiger partial charge is 0.150 e. The fourth-order valence-electron chi connectivity index (χ4n) is 2.14. The van der Waals surface area contributed by atoms with Crippen LogP contribution in [0.25, 0.3) is 0 Å². The van der Waals surface area contributed by atoms with Crippen LogP contribution in [0, 0.1) is 18.3 Å². The monoisotopic (exact) mass is 342 g/mol. The second-order valence-electron chi connectivity index (χ2n) is 5.04. The van der Waals surface area contributed by atoms with Gasteiger partial charge in [-0.2, -0.15) is 10.4 Å². The predicted octanol–water partition coefficient (Wildman–Crippen LogP) is 4.17. The molecule has 2 rings (SSSR count). The molecule has 0 saturated carbocycles. The molecule has 0 spiro atoms. The molecule has 1 heterocycles. The first-order valence-electron chi connectivity index (χ1n) is 7.70. The summed E-state index contributed by atoms with van der Waals surface area (Å²) in [7, 11) is 0. The molecule has 0 aliphatic rings. The third-order valence-electron chi connectivity index (χ3n) is 3.37. The van der Waals surface area contributed by atoms with Gasteiger partial charge in [-0.3, -0.25) is 0 Å². The molecule has 0 radical (unpaired) electrons. The van der Waals surface area contributed by atoms with Gasteiger partial charge in [0.15, 0.2) is 5.82 Å². The van der Waals surface area contributed by atoms with E-state index in [4.69, 9.17) is 21.6 Å². The van der Waals surface area contributed by atoms with Gasteiger partial charge >= 0.3 is 0 Å². The number of nitrogens with zero attached hydrogens (tertiary/aromatic N) is 4. The van der Waals surface area contributed by atoms with Gasteiger partial charge in [-0.05, 0) is 62.2 Å². The number of rotatable bonds is 6. The lowest BCUT2D eigenvalue weighted by atomic mass is 10.2. The molecule has 124 valence electrons. The van der Waals surface area contributed by atoms with Crippen molar-refractivity contribution in [2.24, 2.45) is 5.10 Å². The number of ether oxygens (including phenoxy) is 1. The molecular formula is C18H19ClN4O. The van der Waals surface area contributed by atoms with Crippen molar-refractivity contribution in [3.63, 3.8) is 0 Å². The third kappa shape index (κ3) is 4.24. The van der Waals surface area contributed by atoms with Gasteiger partial charge in [-0.25, -0.2) is 9.99 Å². The van der Waals surface area contributed by atoms with Crippen molar-refractivity contribution in [1.29, 1.82) is 5.26 Å². The van der Waals surface area contributed by atoms with Gasteiger partial charge in [0.05, 0.1) is 18.4 Å². The summed E-state index contributed by atoms with van der Waals surface area (Å²) in [6, 6.07) is 11.6. The van der Waals surface area contributed by atoms with Crippen LogP contribution in [0.1, 0.15) is 30.5 Å². The van der Waals surface area contributed by atoms with Gasteiger partial charge in [0.1, 0.15) is 17.0 Å². The zero-order chi connectivity index (χ0) is 17.5.